The third-order valence-corrected chi connectivity index (χ3v) is 2.68. The minimum Gasteiger partial charge on any atom is -0.493 e. The Balaban J connectivity index is 1.98. The molecule has 0 saturated carbocycles. The first kappa shape index (κ1) is 11.5. The fourth-order valence-corrected chi connectivity index (χ4v) is 1.78. The number of anilines is 1. The number of nitrogens with zero attached hydrogens (tertiary/aromatic N) is 1. The lowest BCUT2D eigenvalue weighted by molar-refractivity contribution is -0.116. The molecule has 1 aliphatic heterocycles. The molecule has 4 nitrogen and oxygen atoms in total. The van der Waals surface area contributed by atoms with Crippen LogP contribution in [0.3, 0.4) is 0 Å². The van der Waals surface area contributed by atoms with Crippen LogP contribution in [0.1, 0.15) is 24.8 Å². The smallest absolute Gasteiger partial charge is 0.224 e. The summed E-state index contributed by atoms with van der Waals surface area (Å²) in [7, 11) is 0. The molecule has 0 fully saturated rings. The van der Waals surface area contributed by atoms with E-state index in [0.717, 1.165) is 29.8 Å². The van der Waals surface area contributed by atoms with Gasteiger partial charge >= 0.3 is 0 Å². The van der Waals surface area contributed by atoms with Gasteiger partial charge in [0.1, 0.15) is 5.75 Å². The first-order chi connectivity index (χ1) is 8.29. The number of carbonyl (C=O) groups is 1. The lowest BCUT2D eigenvalue weighted by Crippen LogP contribution is -2.18. The molecule has 1 heterocycles. The summed E-state index contributed by atoms with van der Waals surface area (Å²) >= 11 is 0. The number of benzene rings is 1. The zero-order chi connectivity index (χ0) is 12.1. The molecule has 0 saturated heterocycles. The van der Waals surface area contributed by atoms with E-state index in [4.69, 9.17) is 10.00 Å². The molecule has 0 radical (unpaired) electrons. The van der Waals surface area contributed by atoms with Gasteiger partial charge in [-0.25, -0.2) is 0 Å². The van der Waals surface area contributed by atoms with Gasteiger partial charge in [-0.2, -0.15) is 5.26 Å². The number of nitriles is 1. The van der Waals surface area contributed by atoms with Crippen molar-refractivity contribution in [2.24, 2.45) is 0 Å². The third kappa shape index (κ3) is 2.97. The summed E-state index contributed by atoms with van der Waals surface area (Å²) in [5.41, 5.74) is 1.99. The van der Waals surface area contributed by atoms with E-state index in [0.29, 0.717) is 19.4 Å². The van der Waals surface area contributed by atoms with Crippen molar-refractivity contribution in [1.29, 1.82) is 5.26 Å². The van der Waals surface area contributed by atoms with Crippen LogP contribution in [-0.2, 0) is 11.2 Å². The quantitative estimate of drug-likeness (QED) is 0.807. The van der Waals surface area contributed by atoms with Gasteiger partial charge in [0.2, 0.25) is 5.91 Å². The van der Waals surface area contributed by atoms with Gasteiger partial charge in [-0.1, -0.05) is 6.07 Å². The van der Waals surface area contributed by atoms with Crippen molar-refractivity contribution in [1.82, 2.24) is 0 Å². The van der Waals surface area contributed by atoms with Crippen molar-refractivity contribution in [2.75, 3.05) is 11.9 Å². The molecule has 88 valence electrons. The summed E-state index contributed by atoms with van der Waals surface area (Å²) in [6, 6.07) is 7.80. The van der Waals surface area contributed by atoms with Crippen LogP contribution in [-0.4, -0.2) is 12.5 Å². The Morgan fingerprint density at radius 1 is 1.41 bits per heavy atom. The van der Waals surface area contributed by atoms with Crippen molar-refractivity contribution in [3.8, 4) is 11.8 Å². The molecule has 1 N–H and O–H groups in total. The summed E-state index contributed by atoms with van der Waals surface area (Å²) in [5.74, 6) is 0.794. The molecule has 4 heteroatoms. The Morgan fingerprint density at radius 2 is 2.29 bits per heavy atom. The normalized spacial score (nSPS) is 13.5. The standard InChI is InChI=1S/C13H14N2O2/c14-7-1-2-8-17-11-5-3-10-4-6-13(16)15-12(10)9-11/h3,5,9H,1-2,4,6,8H2,(H,15,16). The molecular formula is C13H14N2O2. The number of nitrogens with one attached hydrogen (secondary N) is 1. The second kappa shape index (κ2) is 5.35. The van der Waals surface area contributed by atoms with E-state index >= 15 is 0 Å². The van der Waals surface area contributed by atoms with E-state index < -0.39 is 0 Å². The van der Waals surface area contributed by atoms with Crippen molar-refractivity contribution >= 4 is 11.6 Å². The van der Waals surface area contributed by atoms with Crippen molar-refractivity contribution in [2.45, 2.75) is 25.7 Å². The van der Waals surface area contributed by atoms with E-state index in [1.807, 2.05) is 18.2 Å². The van der Waals surface area contributed by atoms with E-state index in [-0.39, 0.29) is 5.91 Å². The highest BCUT2D eigenvalue weighted by molar-refractivity contribution is 5.94. The number of amides is 1. The minimum atomic E-state index is 0.0548. The third-order valence-electron chi connectivity index (χ3n) is 2.68. The number of hydrogen-bond acceptors (Lipinski definition) is 3. The average molecular weight is 230 g/mol. The molecule has 1 aromatic rings. The van der Waals surface area contributed by atoms with Crippen molar-refractivity contribution < 1.29 is 9.53 Å². The number of rotatable bonds is 4. The maximum Gasteiger partial charge on any atom is 0.224 e. The Labute approximate surface area is 100 Å². The summed E-state index contributed by atoms with van der Waals surface area (Å²) in [5, 5.41) is 11.2. The molecule has 0 aliphatic carbocycles. The SMILES string of the molecule is N#CCCCOc1ccc2c(c1)NC(=O)CC2. The average Bonchev–Trinajstić information content (AvgIpc) is 2.34. The molecule has 17 heavy (non-hydrogen) atoms. The molecule has 1 aliphatic rings. The number of aryl methyl sites for hydroxylation is 1. The van der Waals surface area contributed by atoms with Crippen molar-refractivity contribution in [3.63, 3.8) is 0 Å². The van der Waals surface area contributed by atoms with Crippen LogP contribution in [0.5, 0.6) is 5.75 Å². The van der Waals surface area contributed by atoms with Gasteiger partial charge < -0.3 is 10.1 Å². The zero-order valence-corrected chi connectivity index (χ0v) is 9.53. The first-order valence-electron chi connectivity index (χ1n) is 5.72. The summed E-state index contributed by atoms with van der Waals surface area (Å²) in [6.45, 7) is 0.528. The lowest BCUT2D eigenvalue weighted by Gasteiger charge is -2.17. The van der Waals surface area contributed by atoms with Crippen LogP contribution in [0.4, 0.5) is 5.69 Å². The zero-order valence-electron chi connectivity index (χ0n) is 9.53. The van der Waals surface area contributed by atoms with Gasteiger partial charge in [0.05, 0.1) is 12.7 Å². The molecular weight excluding hydrogens is 216 g/mol. The molecule has 0 atom stereocenters. The largest absolute Gasteiger partial charge is 0.493 e. The van der Waals surface area contributed by atoms with Crippen molar-refractivity contribution in [3.05, 3.63) is 23.8 Å². The summed E-state index contributed by atoms with van der Waals surface area (Å²) in [6.07, 6.45) is 2.56. The monoisotopic (exact) mass is 230 g/mol. The highest BCUT2D eigenvalue weighted by Crippen LogP contribution is 2.27. The summed E-state index contributed by atoms with van der Waals surface area (Å²) in [4.78, 5) is 11.2. The van der Waals surface area contributed by atoms with Crippen LogP contribution in [0, 0.1) is 11.3 Å². The van der Waals surface area contributed by atoms with E-state index in [9.17, 15) is 4.79 Å². The first-order valence-corrected chi connectivity index (χ1v) is 5.72. The van der Waals surface area contributed by atoms with E-state index in [1.165, 1.54) is 0 Å². The maximum absolute atomic E-state index is 11.2. The fourth-order valence-electron chi connectivity index (χ4n) is 1.78. The molecule has 2 rings (SSSR count). The summed E-state index contributed by atoms with van der Waals surface area (Å²) < 4.78 is 5.51. The molecule has 1 amide bonds. The highest BCUT2D eigenvalue weighted by atomic mass is 16.5. The Kier molecular flexibility index (Phi) is 3.61. The van der Waals surface area contributed by atoms with Gasteiger partial charge in [-0.05, 0) is 24.5 Å². The fraction of sp³-hybridized carbons (Fsp3) is 0.385. The predicted molar refractivity (Wildman–Crippen MR) is 63.7 cm³/mol. The number of unbranched alkanes of at least 4 members (excludes halogenated alkanes) is 1. The Hall–Kier alpha value is -2.02. The second-order valence-corrected chi connectivity index (χ2v) is 3.98. The molecule has 1 aromatic carbocycles. The lowest BCUT2D eigenvalue weighted by atomic mass is 10.0. The molecule has 0 spiro atoms. The number of fused-ring (bicyclic) bond motifs is 1. The van der Waals surface area contributed by atoms with Crippen LogP contribution < -0.4 is 10.1 Å². The Morgan fingerprint density at radius 3 is 3.12 bits per heavy atom. The second-order valence-electron chi connectivity index (χ2n) is 3.98. The van der Waals surface area contributed by atoms with Gasteiger partial charge in [-0.3, -0.25) is 4.79 Å². The van der Waals surface area contributed by atoms with Crippen LogP contribution in [0.15, 0.2) is 18.2 Å². The van der Waals surface area contributed by atoms with Crippen LogP contribution in [0.2, 0.25) is 0 Å². The minimum absolute atomic E-state index is 0.0548. The molecule has 0 bridgehead atoms. The maximum atomic E-state index is 11.2. The predicted octanol–water partition coefficient (Wildman–Crippen LogP) is 2.25. The van der Waals surface area contributed by atoms with Crippen LogP contribution >= 0.6 is 0 Å². The van der Waals surface area contributed by atoms with Gasteiger partial charge in [-0.15, -0.1) is 0 Å². The van der Waals surface area contributed by atoms with Gasteiger partial charge in [0.15, 0.2) is 0 Å². The Bertz CT molecular complexity index is 463. The number of hydrogen-bond donors (Lipinski definition) is 1. The van der Waals surface area contributed by atoms with Gasteiger partial charge in [0.25, 0.3) is 0 Å². The number of carbonyl (C=O) groups excluding carboxylic acids is 1. The van der Waals surface area contributed by atoms with Crippen LogP contribution in [0.25, 0.3) is 0 Å². The molecule has 0 unspecified atom stereocenters. The highest BCUT2D eigenvalue weighted by Gasteiger charge is 2.14. The number of ether oxygens (including phenoxy) is 1. The van der Waals surface area contributed by atoms with E-state index in [2.05, 4.69) is 11.4 Å². The van der Waals surface area contributed by atoms with Gasteiger partial charge in [0, 0.05) is 24.6 Å². The topological polar surface area (TPSA) is 62.1 Å². The molecule has 0 aromatic heterocycles. The van der Waals surface area contributed by atoms with E-state index in [1.54, 1.807) is 0 Å².